The van der Waals surface area contributed by atoms with Crippen molar-refractivity contribution in [3.63, 3.8) is 0 Å². The molecule has 0 unspecified atom stereocenters. The van der Waals surface area contributed by atoms with Crippen LogP contribution in [-0.2, 0) is 11.3 Å². The molecule has 0 radical (unpaired) electrons. The number of hydrogen-bond donors (Lipinski definition) is 1. The Labute approximate surface area is 113 Å². The van der Waals surface area contributed by atoms with Crippen molar-refractivity contribution in [2.24, 2.45) is 5.41 Å². The van der Waals surface area contributed by atoms with Crippen LogP contribution in [0.3, 0.4) is 0 Å². The number of halogens is 1. The molecule has 1 aromatic carbocycles. The van der Waals surface area contributed by atoms with Crippen molar-refractivity contribution in [3.05, 3.63) is 35.1 Å². The zero-order valence-corrected chi connectivity index (χ0v) is 11.4. The van der Waals surface area contributed by atoms with E-state index in [1.54, 1.807) is 26.0 Å². The van der Waals surface area contributed by atoms with Crippen LogP contribution in [-0.4, -0.2) is 29.1 Å². The van der Waals surface area contributed by atoms with Gasteiger partial charge in [-0.25, -0.2) is 4.39 Å². The number of carboxylic acid groups (broad SMARTS) is 1. The highest BCUT2D eigenvalue weighted by atomic mass is 19.1. The van der Waals surface area contributed by atoms with Crippen molar-refractivity contribution in [2.75, 3.05) is 13.1 Å². The van der Waals surface area contributed by atoms with Crippen molar-refractivity contribution in [1.29, 1.82) is 0 Å². The molecule has 1 aromatic rings. The molecular weight excluding hydrogens is 245 g/mol. The van der Waals surface area contributed by atoms with Crippen LogP contribution in [0.1, 0.15) is 30.9 Å². The summed E-state index contributed by atoms with van der Waals surface area (Å²) in [7, 11) is 0. The molecule has 0 aliphatic carbocycles. The lowest BCUT2D eigenvalue weighted by Gasteiger charge is -2.36. The first-order valence-corrected chi connectivity index (χ1v) is 6.61. The summed E-state index contributed by atoms with van der Waals surface area (Å²) >= 11 is 0. The van der Waals surface area contributed by atoms with Crippen molar-refractivity contribution in [2.45, 2.75) is 33.2 Å². The molecule has 1 heterocycles. The molecule has 1 aliphatic heterocycles. The predicted molar refractivity (Wildman–Crippen MR) is 71.4 cm³/mol. The smallest absolute Gasteiger partial charge is 0.309 e. The number of hydrogen-bond acceptors (Lipinski definition) is 2. The fourth-order valence-electron chi connectivity index (χ4n) is 2.41. The average molecular weight is 265 g/mol. The zero-order valence-electron chi connectivity index (χ0n) is 11.4. The SMILES string of the molecule is Cc1ccc(CN2CCC(C)(C(=O)O)CC2)cc1F. The van der Waals surface area contributed by atoms with Gasteiger partial charge in [0.25, 0.3) is 0 Å². The first kappa shape index (κ1) is 14.0. The summed E-state index contributed by atoms with van der Waals surface area (Å²) in [4.78, 5) is 13.3. The van der Waals surface area contributed by atoms with Crippen LogP contribution in [0.4, 0.5) is 4.39 Å². The van der Waals surface area contributed by atoms with E-state index in [2.05, 4.69) is 4.90 Å². The zero-order chi connectivity index (χ0) is 14.0. The summed E-state index contributed by atoms with van der Waals surface area (Å²) in [6.45, 7) is 5.74. The monoisotopic (exact) mass is 265 g/mol. The molecule has 104 valence electrons. The highest BCUT2D eigenvalue weighted by Crippen LogP contribution is 2.31. The topological polar surface area (TPSA) is 40.5 Å². The van der Waals surface area contributed by atoms with Crippen LogP contribution in [0.2, 0.25) is 0 Å². The van der Waals surface area contributed by atoms with Crippen LogP contribution in [0.5, 0.6) is 0 Å². The Hall–Kier alpha value is -1.42. The Morgan fingerprint density at radius 1 is 1.42 bits per heavy atom. The summed E-state index contributed by atoms with van der Waals surface area (Å²) in [6, 6.07) is 5.29. The molecule has 3 nitrogen and oxygen atoms in total. The lowest BCUT2D eigenvalue weighted by atomic mass is 9.80. The second-order valence-corrected chi connectivity index (χ2v) is 5.73. The Morgan fingerprint density at radius 3 is 2.58 bits per heavy atom. The van der Waals surface area contributed by atoms with Crippen LogP contribution >= 0.6 is 0 Å². The molecule has 4 heteroatoms. The van der Waals surface area contributed by atoms with Crippen LogP contribution in [0, 0.1) is 18.2 Å². The summed E-state index contributed by atoms with van der Waals surface area (Å²) in [6.07, 6.45) is 1.30. The maximum atomic E-state index is 13.5. The van der Waals surface area contributed by atoms with Gasteiger partial charge in [-0.05, 0) is 57.0 Å². The third-order valence-electron chi connectivity index (χ3n) is 4.12. The van der Waals surface area contributed by atoms with Gasteiger partial charge in [0.15, 0.2) is 0 Å². The van der Waals surface area contributed by atoms with Crippen LogP contribution in [0.25, 0.3) is 0 Å². The summed E-state index contributed by atoms with van der Waals surface area (Å²) < 4.78 is 13.5. The molecule has 0 saturated carbocycles. The van der Waals surface area contributed by atoms with E-state index in [9.17, 15) is 14.3 Å². The third kappa shape index (κ3) is 3.13. The minimum Gasteiger partial charge on any atom is -0.481 e. The minimum absolute atomic E-state index is 0.176. The molecule has 0 bridgehead atoms. The predicted octanol–water partition coefficient (Wildman–Crippen LogP) is 2.82. The molecule has 2 rings (SSSR count). The second kappa shape index (κ2) is 5.29. The number of rotatable bonds is 3. The first-order valence-electron chi connectivity index (χ1n) is 6.61. The number of likely N-dealkylation sites (tertiary alicyclic amines) is 1. The van der Waals surface area contributed by atoms with Crippen molar-refractivity contribution < 1.29 is 14.3 Å². The van der Waals surface area contributed by atoms with Gasteiger partial charge < -0.3 is 5.11 Å². The standard InChI is InChI=1S/C15H20FNO2/c1-11-3-4-12(9-13(11)16)10-17-7-5-15(2,6-8-17)14(18)19/h3-4,9H,5-8,10H2,1-2H3,(H,18,19). The van der Waals surface area contributed by atoms with Gasteiger partial charge in [0.05, 0.1) is 5.41 Å². The van der Waals surface area contributed by atoms with Crippen LogP contribution in [0.15, 0.2) is 18.2 Å². The van der Waals surface area contributed by atoms with Crippen LogP contribution < -0.4 is 0 Å². The number of carboxylic acids is 1. The van der Waals surface area contributed by atoms with E-state index < -0.39 is 11.4 Å². The van der Waals surface area contributed by atoms with Gasteiger partial charge in [0.1, 0.15) is 5.82 Å². The number of benzene rings is 1. The maximum absolute atomic E-state index is 13.5. The number of aliphatic carboxylic acids is 1. The third-order valence-corrected chi connectivity index (χ3v) is 4.12. The molecule has 1 saturated heterocycles. The Kier molecular flexibility index (Phi) is 3.90. The van der Waals surface area contributed by atoms with E-state index in [-0.39, 0.29) is 5.82 Å². The number of piperidine rings is 1. The lowest BCUT2D eigenvalue weighted by molar-refractivity contribution is -0.150. The number of nitrogens with zero attached hydrogens (tertiary/aromatic N) is 1. The van der Waals surface area contributed by atoms with Gasteiger partial charge in [-0.2, -0.15) is 0 Å². The molecule has 1 aliphatic rings. The number of aryl methyl sites for hydroxylation is 1. The van der Waals surface area contributed by atoms with E-state index in [0.29, 0.717) is 24.9 Å². The van der Waals surface area contributed by atoms with Gasteiger partial charge in [-0.1, -0.05) is 12.1 Å². The highest BCUT2D eigenvalue weighted by Gasteiger charge is 2.36. The Balaban J connectivity index is 1.95. The molecule has 1 N–H and O–H groups in total. The van der Waals surface area contributed by atoms with Gasteiger partial charge in [0, 0.05) is 6.54 Å². The Bertz CT molecular complexity index is 479. The molecule has 1 fully saturated rings. The molecular formula is C15H20FNO2. The van der Waals surface area contributed by atoms with Gasteiger partial charge in [-0.15, -0.1) is 0 Å². The van der Waals surface area contributed by atoms with E-state index in [4.69, 9.17) is 0 Å². The largest absolute Gasteiger partial charge is 0.481 e. The summed E-state index contributed by atoms with van der Waals surface area (Å²) in [5.74, 6) is -0.890. The molecule has 0 aromatic heterocycles. The highest BCUT2D eigenvalue weighted by molar-refractivity contribution is 5.74. The van der Waals surface area contributed by atoms with Gasteiger partial charge >= 0.3 is 5.97 Å². The van der Waals surface area contributed by atoms with Gasteiger partial charge in [-0.3, -0.25) is 9.69 Å². The molecule has 0 spiro atoms. The lowest BCUT2D eigenvalue weighted by Crippen LogP contribution is -2.42. The first-order chi connectivity index (χ1) is 8.90. The minimum atomic E-state index is -0.714. The van der Waals surface area contributed by atoms with Crippen molar-refractivity contribution >= 4 is 5.97 Å². The fraction of sp³-hybridized carbons (Fsp3) is 0.533. The average Bonchev–Trinajstić information content (AvgIpc) is 2.37. The molecule has 19 heavy (non-hydrogen) atoms. The van der Waals surface area contributed by atoms with E-state index >= 15 is 0 Å². The quantitative estimate of drug-likeness (QED) is 0.913. The second-order valence-electron chi connectivity index (χ2n) is 5.73. The summed E-state index contributed by atoms with van der Waals surface area (Å²) in [5.41, 5.74) is 0.998. The van der Waals surface area contributed by atoms with Crippen molar-refractivity contribution in [1.82, 2.24) is 4.90 Å². The van der Waals surface area contributed by atoms with E-state index in [1.807, 2.05) is 6.07 Å². The summed E-state index contributed by atoms with van der Waals surface area (Å²) in [5, 5.41) is 9.17. The van der Waals surface area contributed by atoms with E-state index in [0.717, 1.165) is 18.7 Å². The normalized spacial score (nSPS) is 19.3. The maximum Gasteiger partial charge on any atom is 0.309 e. The van der Waals surface area contributed by atoms with Gasteiger partial charge in [0.2, 0.25) is 0 Å². The fourth-order valence-corrected chi connectivity index (χ4v) is 2.41. The Morgan fingerprint density at radius 2 is 2.05 bits per heavy atom. The van der Waals surface area contributed by atoms with Crippen molar-refractivity contribution in [3.8, 4) is 0 Å². The van der Waals surface area contributed by atoms with E-state index in [1.165, 1.54) is 0 Å². The number of carbonyl (C=O) groups is 1. The molecule has 0 amide bonds. The molecule has 0 atom stereocenters.